The van der Waals surface area contributed by atoms with Crippen LogP contribution in [0.3, 0.4) is 0 Å². The maximum atomic E-state index is 5.47. The van der Waals surface area contributed by atoms with E-state index in [0.717, 1.165) is 0 Å². The normalized spacial score (nSPS) is 17.3. The molecule has 0 spiro atoms. The van der Waals surface area contributed by atoms with Crippen molar-refractivity contribution < 1.29 is 4.42 Å². The average Bonchev–Trinajstić information content (AvgIpc) is 2.62. The molecule has 1 heterocycles. The van der Waals surface area contributed by atoms with Gasteiger partial charge in [0.05, 0.1) is 6.54 Å². The monoisotopic (exact) mass is 260 g/mol. The first-order valence-corrected chi connectivity index (χ1v) is 6.06. The lowest BCUT2D eigenvalue weighted by molar-refractivity contribution is 0.456. The Hall–Kier alpha value is -0.810. The SMILES string of the molecule is CN(c1nnc(CN)o1)C1CCCCCC1.Cl. The van der Waals surface area contributed by atoms with Crippen molar-refractivity contribution in [2.24, 2.45) is 5.73 Å². The van der Waals surface area contributed by atoms with Gasteiger partial charge in [-0.15, -0.1) is 17.5 Å². The van der Waals surface area contributed by atoms with Gasteiger partial charge in [0.1, 0.15) is 0 Å². The molecule has 1 aliphatic rings. The molecule has 0 aliphatic heterocycles. The molecular formula is C11H21ClN4O. The van der Waals surface area contributed by atoms with Crippen LogP contribution in [0, 0.1) is 0 Å². The first kappa shape index (κ1) is 14.3. The van der Waals surface area contributed by atoms with Gasteiger partial charge in [0.2, 0.25) is 5.89 Å². The minimum absolute atomic E-state index is 0. The molecule has 5 nitrogen and oxygen atoms in total. The number of anilines is 1. The van der Waals surface area contributed by atoms with E-state index in [1.165, 1.54) is 38.5 Å². The second kappa shape index (κ2) is 6.81. The summed E-state index contributed by atoms with van der Waals surface area (Å²) in [4.78, 5) is 2.11. The smallest absolute Gasteiger partial charge is 0.318 e. The van der Waals surface area contributed by atoms with Crippen LogP contribution in [0.5, 0.6) is 0 Å². The summed E-state index contributed by atoms with van der Waals surface area (Å²) in [5.41, 5.74) is 5.45. The van der Waals surface area contributed by atoms with E-state index in [4.69, 9.17) is 10.2 Å². The Morgan fingerprint density at radius 3 is 2.41 bits per heavy atom. The third kappa shape index (κ3) is 3.57. The highest BCUT2D eigenvalue weighted by atomic mass is 35.5. The minimum atomic E-state index is 0. The summed E-state index contributed by atoms with van der Waals surface area (Å²) < 4.78 is 5.47. The van der Waals surface area contributed by atoms with Crippen molar-refractivity contribution in [3.05, 3.63) is 5.89 Å². The zero-order valence-electron chi connectivity index (χ0n) is 10.3. The molecule has 0 bridgehead atoms. The van der Waals surface area contributed by atoms with Crippen molar-refractivity contribution in [1.29, 1.82) is 0 Å². The number of nitrogens with two attached hydrogens (primary N) is 1. The van der Waals surface area contributed by atoms with Crippen molar-refractivity contribution in [2.45, 2.75) is 51.1 Å². The number of hydrogen-bond donors (Lipinski definition) is 1. The Morgan fingerprint density at radius 1 is 1.24 bits per heavy atom. The molecule has 0 radical (unpaired) electrons. The van der Waals surface area contributed by atoms with Crippen LogP contribution in [0.4, 0.5) is 6.01 Å². The van der Waals surface area contributed by atoms with E-state index >= 15 is 0 Å². The van der Waals surface area contributed by atoms with E-state index in [0.29, 0.717) is 24.5 Å². The summed E-state index contributed by atoms with van der Waals surface area (Å²) in [6.07, 6.45) is 7.73. The number of halogens is 1. The van der Waals surface area contributed by atoms with Gasteiger partial charge in [-0.3, -0.25) is 0 Å². The van der Waals surface area contributed by atoms with Gasteiger partial charge in [-0.2, -0.15) is 0 Å². The molecule has 1 aromatic rings. The van der Waals surface area contributed by atoms with Crippen LogP contribution in [0.15, 0.2) is 4.42 Å². The van der Waals surface area contributed by atoms with Gasteiger partial charge in [-0.05, 0) is 12.8 Å². The molecule has 1 fully saturated rings. The third-order valence-electron chi connectivity index (χ3n) is 3.30. The fraction of sp³-hybridized carbons (Fsp3) is 0.818. The quantitative estimate of drug-likeness (QED) is 0.843. The second-order valence-electron chi connectivity index (χ2n) is 4.44. The Balaban J connectivity index is 0.00000144. The largest absolute Gasteiger partial charge is 0.407 e. The number of nitrogens with zero attached hydrogens (tertiary/aromatic N) is 3. The van der Waals surface area contributed by atoms with Gasteiger partial charge in [-0.25, -0.2) is 0 Å². The molecule has 1 aliphatic carbocycles. The van der Waals surface area contributed by atoms with Gasteiger partial charge in [0, 0.05) is 13.1 Å². The summed E-state index contributed by atoms with van der Waals surface area (Å²) >= 11 is 0. The van der Waals surface area contributed by atoms with E-state index in [1.54, 1.807) is 0 Å². The fourth-order valence-corrected chi connectivity index (χ4v) is 2.27. The van der Waals surface area contributed by atoms with E-state index in [-0.39, 0.29) is 12.4 Å². The molecular weight excluding hydrogens is 240 g/mol. The zero-order valence-corrected chi connectivity index (χ0v) is 11.1. The van der Waals surface area contributed by atoms with E-state index < -0.39 is 0 Å². The van der Waals surface area contributed by atoms with Crippen molar-refractivity contribution in [2.75, 3.05) is 11.9 Å². The lowest BCUT2D eigenvalue weighted by atomic mass is 10.1. The molecule has 98 valence electrons. The standard InChI is InChI=1S/C11H20N4O.ClH/c1-15(9-6-4-2-3-5-7-9)11-14-13-10(8-12)16-11;/h9H,2-8,12H2,1H3;1H. The van der Waals surface area contributed by atoms with Gasteiger partial charge in [-0.1, -0.05) is 30.8 Å². The molecule has 6 heteroatoms. The highest BCUT2D eigenvalue weighted by Crippen LogP contribution is 2.24. The molecule has 1 aromatic heterocycles. The molecule has 0 aromatic carbocycles. The highest BCUT2D eigenvalue weighted by Gasteiger charge is 2.20. The van der Waals surface area contributed by atoms with Gasteiger partial charge < -0.3 is 15.1 Å². The van der Waals surface area contributed by atoms with Gasteiger partial charge >= 0.3 is 6.01 Å². The topological polar surface area (TPSA) is 68.2 Å². The predicted molar refractivity (Wildman–Crippen MR) is 69.3 cm³/mol. The summed E-state index contributed by atoms with van der Waals surface area (Å²) in [6, 6.07) is 1.14. The Bertz CT molecular complexity index is 323. The molecule has 1 saturated carbocycles. The van der Waals surface area contributed by atoms with E-state index in [9.17, 15) is 0 Å². The maximum Gasteiger partial charge on any atom is 0.318 e. The number of aromatic nitrogens is 2. The Morgan fingerprint density at radius 2 is 1.88 bits per heavy atom. The Labute approximate surface area is 108 Å². The first-order valence-electron chi connectivity index (χ1n) is 6.06. The summed E-state index contributed by atoms with van der Waals surface area (Å²) in [7, 11) is 2.03. The lowest BCUT2D eigenvalue weighted by Crippen LogP contribution is -2.31. The predicted octanol–water partition coefficient (Wildman–Crippen LogP) is 2.11. The first-order chi connectivity index (χ1) is 7.81. The maximum absolute atomic E-state index is 5.47. The molecule has 0 saturated heterocycles. The van der Waals surface area contributed by atoms with Crippen LogP contribution >= 0.6 is 12.4 Å². The van der Waals surface area contributed by atoms with Crippen LogP contribution < -0.4 is 10.6 Å². The molecule has 2 N–H and O–H groups in total. The van der Waals surface area contributed by atoms with E-state index in [1.807, 2.05) is 7.05 Å². The highest BCUT2D eigenvalue weighted by molar-refractivity contribution is 5.85. The van der Waals surface area contributed by atoms with Gasteiger partial charge in [0.25, 0.3) is 0 Å². The van der Waals surface area contributed by atoms with Crippen molar-refractivity contribution in [1.82, 2.24) is 10.2 Å². The van der Waals surface area contributed by atoms with Crippen LogP contribution in [0.25, 0.3) is 0 Å². The summed E-state index contributed by atoms with van der Waals surface area (Å²) in [5, 5.41) is 7.91. The lowest BCUT2D eigenvalue weighted by Gasteiger charge is -2.24. The van der Waals surface area contributed by atoms with Crippen LogP contribution in [-0.2, 0) is 6.54 Å². The molecule has 0 unspecified atom stereocenters. The summed E-state index contributed by atoms with van der Waals surface area (Å²) in [5.74, 6) is 0.510. The van der Waals surface area contributed by atoms with Crippen LogP contribution in [0.1, 0.15) is 44.4 Å². The third-order valence-corrected chi connectivity index (χ3v) is 3.30. The number of hydrogen-bond acceptors (Lipinski definition) is 5. The van der Waals surface area contributed by atoms with Gasteiger partial charge in [0.15, 0.2) is 0 Å². The molecule has 2 rings (SSSR count). The molecule has 0 amide bonds. The second-order valence-corrected chi connectivity index (χ2v) is 4.44. The molecule has 17 heavy (non-hydrogen) atoms. The average molecular weight is 261 g/mol. The van der Waals surface area contributed by atoms with Crippen molar-refractivity contribution in [3.63, 3.8) is 0 Å². The fourth-order valence-electron chi connectivity index (χ4n) is 2.27. The van der Waals surface area contributed by atoms with Crippen molar-refractivity contribution >= 4 is 18.4 Å². The van der Waals surface area contributed by atoms with Crippen LogP contribution in [0.2, 0.25) is 0 Å². The van der Waals surface area contributed by atoms with Crippen LogP contribution in [-0.4, -0.2) is 23.3 Å². The Kier molecular flexibility index (Phi) is 5.71. The van der Waals surface area contributed by atoms with E-state index in [2.05, 4.69) is 15.1 Å². The summed E-state index contributed by atoms with van der Waals surface area (Å²) in [6.45, 7) is 0.311. The molecule has 0 atom stereocenters. The zero-order chi connectivity index (χ0) is 11.4. The minimum Gasteiger partial charge on any atom is -0.407 e. The van der Waals surface area contributed by atoms with Crippen molar-refractivity contribution in [3.8, 4) is 0 Å². The number of rotatable bonds is 3.